The van der Waals surface area contributed by atoms with Crippen molar-refractivity contribution in [1.82, 2.24) is 15.6 Å². The molecule has 0 aromatic carbocycles. The Kier molecular flexibility index (Phi) is 9.36. The van der Waals surface area contributed by atoms with Crippen LogP contribution in [0.15, 0.2) is 10.9 Å². The minimum absolute atomic E-state index is 0. The second-order valence-corrected chi connectivity index (χ2v) is 4.78. The van der Waals surface area contributed by atoms with E-state index in [4.69, 9.17) is 0 Å². The lowest BCUT2D eigenvalue weighted by molar-refractivity contribution is -0.125. The molecule has 2 heterocycles. The molecule has 2 rings (SSSR count). The molecule has 0 spiro atoms. The normalized spacial score (nSPS) is 18.3. The quantitative estimate of drug-likeness (QED) is 0.889. The number of piperidine rings is 1. The lowest BCUT2D eigenvalue weighted by atomic mass is 9.99. The summed E-state index contributed by atoms with van der Waals surface area (Å²) in [6, 6.07) is 0. The minimum Gasteiger partial charge on any atom is -0.355 e. The van der Waals surface area contributed by atoms with Crippen LogP contribution in [0.1, 0.15) is 18.5 Å². The van der Waals surface area contributed by atoms with E-state index in [1.807, 2.05) is 10.9 Å². The van der Waals surface area contributed by atoms with Crippen molar-refractivity contribution in [3.63, 3.8) is 0 Å². The molecule has 0 radical (unpaired) electrons. The van der Waals surface area contributed by atoms with Crippen molar-refractivity contribution in [1.29, 1.82) is 0 Å². The van der Waals surface area contributed by atoms with Crippen LogP contribution in [0.3, 0.4) is 0 Å². The highest BCUT2D eigenvalue weighted by molar-refractivity contribution is 7.07. The Morgan fingerprint density at radius 1 is 1.56 bits per heavy atom. The monoisotopic (exact) mass is 311 g/mol. The highest BCUT2D eigenvalue weighted by Gasteiger charge is 2.20. The molecule has 104 valence electrons. The molecule has 1 atom stereocenters. The van der Waals surface area contributed by atoms with Crippen LogP contribution in [-0.4, -0.2) is 30.5 Å². The number of rotatable bonds is 4. The first-order valence-electron chi connectivity index (χ1n) is 5.72. The predicted molar refractivity (Wildman–Crippen MR) is 78.9 cm³/mol. The lowest BCUT2D eigenvalue weighted by Crippen LogP contribution is -2.41. The van der Waals surface area contributed by atoms with Crippen molar-refractivity contribution in [3.05, 3.63) is 16.6 Å². The molecule has 0 bridgehead atoms. The number of hydrogen-bond acceptors (Lipinski definition) is 4. The molecule has 1 aliphatic heterocycles. The zero-order chi connectivity index (χ0) is 11.2. The summed E-state index contributed by atoms with van der Waals surface area (Å²) >= 11 is 1.59. The summed E-state index contributed by atoms with van der Waals surface area (Å²) in [7, 11) is 0. The van der Waals surface area contributed by atoms with Gasteiger partial charge in [0.05, 0.1) is 17.1 Å². The Bertz CT molecular complexity index is 329. The van der Waals surface area contributed by atoms with Gasteiger partial charge < -0.3 is 10.6 Å². The summed E-state index contributed by atoms with van der Waals surface area (Å²) in [6.45, 7) is 2.56. The smallest absolute Gasteiger partial charge is 0.224 e. The number of carbonyl (C=O) groups is 1. The van der Waals surface area contributed by atoms with Gasteiger partial charge in [-0.1, -0.05) is 0 Å². The number of carbonyl (C=O) groups excluding carboxylic acids is 1. The number of hydrogen-bond donors (Lipinski definition) is 2. The van der Waals surface area contributed by atoms with Crippen LogP contribution in [-0.2, 0) is 11.2 Å². The van der Waals surface area contributed by atoms with E-state index >= 15 is 0 Å². The van der Waals surface area contributed by atoms with Gasteiger partial charge >= 0.3 is 0 Å². The molecule has 1 saturated heterocycles. The largest absolute Gasteiger partial charge is 0.355 e. The number of halogens is 2. The first-order chi connectivity index (χ1) is 7.86. The molecule has 7 heteroatoms. The predicted octanol–water partition coefficient (Wildman–Crippen LogP) is 1.64. The fraction of sp³-hybridized carbons (Fsp3) is 0.636. The molecule has 0 unspecified atom stereocenters. The summed E-state index contributed by atoms with van der Waals surface area (Å²) in [4.78, 5) is 15.9. The van der Waals surface area contributed by atoms with Crippen LogP contribution >= 0.6 is 36.2 Å². The van der Waals surface area contributed by atoms with E-state index in [1.165, 1.54) is 0 Å². The van der Waals surface area contributed by atoms with E-state index in [9.17, 15) is 4.79 Å². The molecule has 1 fully saturated rings. The van der Waals surface area contributed by atoms with Gasteiger partial charge in [0, 0.05) is 24.9 Å². The van der Waals surface area contributed by atoms with Crippen molar-refractivity contribution >= 4 is 42.1 Å². The Labute approximate surface area is 124 Å². The molecule has 18 heavy (non-hydrogen) atoms. The molecule has 0 aliphatic carbocycles. The third-order valence-electron chi connectivity index (χ3n) is 2.83. The Balaban J connectivity index is 0.00000144. The Morgan fingerprint density at radius 3 is 3.00 bits per heavy atom. The van der Waals surface area contributed by atoms with Crippen molar-refractivity contribution in [2.45, 2.75) is 19.3 Å². The number of nitrogens with one attached hydrogen (secondary N) is 2. The van der Waals surface area contributed by atoms with Crippen molar-refractivity contribution in [3.8, 4) is 0 Å². The highest BCUT2D eigenvalue weighted by Crippen LogP contribution is 2.09. The van der Waals surface area contributed by atoms with Crippen LogP contribution in [0.25, 0.3) is 0 Å². The maximum Gasteiger partial charge on any atom is 0.224 e. The standard InChI is InChI=1S/C11H17N3OS.2ClH/c15-11(9-2-1-4-12-6-9)13-5-3-10-7-16-8-14-10;;/h7-9,12H,1-6H2,(H,13,15);2*1H/t9-;;/m1../s1. The number of nitrogens with zero attached hydrogens (tertiary/aromatic N) is 1. The summed E-state index contributed by atoms with van der Waals surface area (Å²) in [6.07, 6.45) is 2.94. The average Bonchev–Trinajstić information content (AvgIpc) is 2.83. The molecular weight excluding hydrogens is 293 g/mol. The van der Waals surface area contributed by atoms with Gasteiger partial charge in [0.1, 0.15) is 0 Å². The fourth-order valence-electron chi connectivity index (χ4n) is 1.89. The molecular formula is C11H19Cl2N3OS. The van der Waals surface area contributed by atoms with Crippen molar-refractivity contribution < 1.29 is 4.79 Å². The summed E-state index contributed by atoms with van der Waals surface area (Å²) in [5.74, 6) is 0.339. The van der Waals surface area contributed by atoms with Crippen LogP contribution in [0.4, 0.5) is 0 Å². The van der Waals surface area contributed by atoms with Gasteiger partial charge in [-0.05, 0) is 19.4 Å². The molecule has 1 aromatic heterocycles. The van der Waals surface area contributed by atoms with E-state index in [1.54, 1.807) is 11.3 Å². The molecule has 1 aliphatic rings. The second kappa shape index (κ2) is 9.55. The molecule has 4 nitrogen and oxygen atoms in total. The van der Waals surface area contributed by atoms with Gasteiger partial charge in [0.15, 0.2) is 0 Å². The Hall–Kier alpha value is -0.360. The Morgan fingerprint density at radius 2 is 2.39 bits per heavy atom. The summed E-state index contributed by atoms with van der Waals surface area (Å²) in [5.41, 5.74) is 2.88. The zero-order valence-corrected chi connectivity index (χ0v) is 12.5. The lowest BCUT2D eigenvalue weighted by Gasteiger charge is -2.21. The van der Waals surface area contributed by atoms with Crippen LogP contribution in [0.5, 0.6) is 0 Å². The first-order valence-corrected chi connectivity index (χ1v) is 6.66. The average molecular weight is 312 g/mol. The highest BCUT2D eigenvalue weighted by atomic mass is 35.5. The molecule has 1 aromatic rings. The zero-order valence-electron chi connectivity index (χ0n) is 10.1. The van der Waals surface area contributed by atoms with Gasteiger partial charge in [0.2, 0.25) is 5.91 Å². The van der Waals surface area contributed by atoms with Crippen LogP contribution < -0.4 is 10.6 Å². The molecule has 1 amide bonds. The summed E-state index contributed by atoms with van der Waals surface area (Å²) in [5, 5.41) is 8.25. The van der Waals surface area contributed by atoms with Gasteiger partial charge in [-0.25, -0.2) is 4.98 Å². The number of amides is 1. The van der Waals surface area contributed by atoms with Crippen molar-refractivity contribution in [2.24, 2.45) is 5.92 Å². The number of aromatic nitrogens is 1. The fourth-order valence-corrected chi connectivity index (χ4v) is 2.49. The van der Waals surface area contributed by atoms with Crippen LogP contribution in [0, 0.1) is 5.92 Å². The number of thiazole rings is 1. The van der Waals surface area contributed by atoms with E-state index in [2.05, 4.69) is 15.6 Å². The second-order valence-electron chi connectivity index (χ2n) is 4.06. The van der Waals surface area contributed by atoms with Gasteiger partial charge in [-0.15, -0.1) is 36.2 Å². The van der Waals surface area contributed by atoms with E-state index in [0.717, 1.165) is 38.0 Å². The van der Waals surface area contributed by atoms with Crippen LogP contribution in [0.2, 0.25) is 0 Å². The molecule has 2 N–H and O–H groups in total. The van der Waals surface area contributed by atoms with E-state index < -0.39 is 0 Å². The summed E-state index contributed by atoms with van der Waals surface area (Å²) < 4.78 is 0. The van der Waals surface area contributed by atoms with E-state index in [-0.39, 0.29) is 36.6 Å². The van der Waals surface area contributed by atoms with E-state index in [0.29, 0.717) is 6.54 Å². The first kappa shape index (κ1) is 17.6. The third-order valence-corrected chi connectivity index (χ3v) is 3.47. The molecule has 0 saturated carbocycles. The topological polar surface area (TPSA) is 54.0 Å². The maximum absolute atomic E-state index is 11.8. The maximum atomic E-state index is 11.8. The van der Waals surface area contributed by atoms with Gasteiger partial charge in [0.25, 0.3) is 0 Å². The van der Waals surface area contributed by atoms with Gasteiger partial charge in [-0.3, -0.25) is 4.79 Å². The minimum atomic E-state index is 0. The third kappa shape index (κ3) is 5.52. The SMILES string of the molecule is Cl.Cl.O=C(NCCc1cscn1)[C@@H]1CCCNC1. The van der Waals surface area contributed by atoms with Crippen molar-refractivity contribution in [2.75, 3.05) is 19.6 Å². The van der Waals surface area contributed by atoms with Gasteiger partial charge in [-0.2, -0.15) is 0 Å².